The maximum absolute atomic E-state index is 5.87. The Morgan fingerprint density at radius 1 is 1.00 bits per heavy atom. The Hall–Kier alpha value is -2.41. The molecule has 2 aromatic carbocycles. The zero-order valence-electron chi connectivity index (χ0n) is 18.0. The van der Waals surface area contributed by atoms with E-state index in [2.05, 4.69) is 52.4 Å². The third-order valence-electron chi connectivity index (χ3n) is 5.99. The second-order valence-corrected chi connectivity index (χ2v) is 9.37. The van der Waals surface area contributed by atoms with Crippen molar-refractivity contribution in [1.82, 2.24) is 14.8 Å². The van der Waals surface area contributed by atoms with E-state index in [0.717, 1.165) is 74.5 Å². The van der Waals surface area contributed by atoms with E-state index in [9.17, 15) is 0 Å². The highest BCUT2D eigenvalue weighted by Gasteiger charge is 2.19. The smallest absolute Gasteiger partial charge is 0.140 e. The lowest BCUT2D eigenvalue weighted by Gasteiger charge is -2.34. The van der Waals surface area contributed by atoms with Crippen LogP contribution in [0.4, 0.5) is 0 Å². The fourth-order valence-corrected chi connectivity index (χ4v) is 4.89. The Kier molecular flexibility index (Phi) is 6.20. The number of aromatic nitrogens is 1. The molecular formula is C25H29N3O2S. The van der Waals surface area contributed by atoms with Crippen LogP contribution in [0.5, 0.6) is 11.5 Å². The van der Waals surface area contributed by atoms with E-state index >= 15 is 0 Å². The standard InChI is InChI=1S/C25H29N3O2S/c1-19-2-5-23(6-3-19)30-17-25-26-22(18-31-25)16-28-11-9-27(10-12-28)15-20-4-7-24-21(14-20)8-13-29-24/h2-7,14,18H,8-13,15-17H2,1H3. The SMILES string of the molecule is Cc1ccc(OCc2nc(CN3CCN(Cc4ccc5c(c4)CCO5)CC3)cs2)cc1. The second-order valence-electron chi connectivity index (χ2n) is 8.43. The van der Waals surface area contributed by atoms with Crippen LogP contribution in [-0.2, 0) is 26.1 Å². The molecule has 0 unspecified atom stereocenters. The molecule has 0 spiro atoms. The van der Waals surface area contributed by atoms with Crippen LogP contribution in [0.25, 0.3) is 0 Å². The fraction of sp³-hybridized carbons (Fsp3) is 0.400. The van der Waals surface area contributed by atoms with Crippen LogP contribution in [0.3, 0.4) is 0 Å². The Bertz CT molecular complexity index is 1010. The Morgan fingerprint density at radius 2 is 1.77 bits per heavy atom. The molecule has 2 aliphatic rings. The molecular weight excluding hydrogens is 406 g/mol. The Morgan fingerprint density at radius 3 is 2.58 bits per heavy atom. The van der Waals surface area contributed by atoms with Crippen LogP contribution in [-0.4, -0.2) is 47.6 Å². The predicted molar refractivity (Wildman–Crippen MR) is 124 cm³/mol. The average molecular weight is 436 g/mol. The van der Waals surface area contributed by atoms with Gasteiger partial charge in [-0.2, -0.15) is 0 Å². The summed E-state index contributed by atoms with van der Waals surface area (Å²) in [6, 6.07) is 14.8. The van der Waals surface area contributed by atoms with E-state index in [4.69, 9.17) is 14.5 Å². The fourth-order valence-electron chi connectivity index (χ4n) is 4.20. The molecule has 1 aromatic heterocycles. The van der Waals surface area contributed by atoms with Gasteiger partial charge in [0.05, 0.1) is 12.3 Å². The highest BCUT2D eigenvalue weighted by atomic mass is 32.1. The molecule has 31 heavy (non-hydrogen) atoms. The van der Waals surface area contributed by atoms with Gasteiger partial charge in [-0.15, -0.1) is 11.3 Å². The maximum atomic E-state index is 5.87. The predicted octanol–water partition coefficient (Wildman–Crippen LogP) is 4.28. The van der Waals surface area contributed by atoms with Gasteiger partial charge in [0.25, 0.3) is 0 Å². The summed E-state index contributed by atoms with van der Waals surface area (Å²) < 4.78 is 11.5. The number of rotatable bonds is 7. The molecule has 5 nitrogen and oxygen atoms in total. The van der Waals surface area contributed by atoms with Gasteiger partial charge in [-0.3, -0.25) is 9.80 Å². The highest BCUT2D eigenvalue weighted by molar-refractivity contribution is 7.09. The van der Waals surface area contributed by atoms with E-state index < -0.39 is 0 Å². The zero-order valence-corrected chi connectivity index (χ0v) is 18.9. The van der Waals surface area contributed by atoms with Crippen molar-refractivity contribution in [3.63, 3.8) is 0 Å². The summed E-state index contributed by atoms with van der Waals surface area (Å²) in [6.45, 7) is 9.76. The van der Waals surface area contributed by atoms with Gasteiger partial charge in [0.1, 0.15) is 23.1 Å². The zero-order chi connectivity index (χ0) is 21.0. The number of ether oxygens (including phenoxy) is 2. The molecule has 162 valence electrons. The minimum Gasteiger partial charge on any atom is -0.493 e. The van der Waals surface area contributed by atoms with Gasteiger partial charge in [-0.25, -0.2) is 4.98 Å². The van der Waals surface area contributed by atoms with Crippen LogP contribution < -0.4 is 9.47 Å². The summed E-state index contributed by atoms with van der Waals surface area (Å²) in [5.41, 5.74) is 5.16. The van der Waals surface area contributed by atoms with Gasteiger partial charge < -0.3 is 9.47 Å². The normalized spacial score (nSPS) is 16.8. The van der Waals surface area contributed by atoms with Gasteiger partial charge in [-0.1, -0.05) is 29.8 Å². The number of piperazine rings is 1. The van der Waals surface area contributed by atoms with E-state index in [1.165, 1.54) is 16.7 Å². The molecule has 0 amide bonds. The van der Waals surface area contributed by atoms with Gasteiger partial charge in [0, 0.05) is 51.1 Å². The molecule has 0 aliphatic carbocycles. The van der Waals surface area contributed by atoms with Crippen molar-refractivity contribution in [2.45, 2.75) is 33.0 Å². The largest absolute Gasteiger partial charge is 0.493 e. The molecule has 0 atom stereocenters. The Balaban J connectivity index is 1.07. The summed E-state index contributed by atoms with van der Waals surface area (Å²) in [5.74, 6) is 1.97. The van der Waals surface area contributed by atoms with Gasteiger partial charge in [0.15, 0.2) is 0 Å². The summed E-state index contributed by atoms with van der Waals surface area (Å²) in [4.78, 5) is 9.84. The first-order chi connectivity index (χ1) is 15.2. The number of thiazole rings is 1. The number of nitrogens with zero attached hydrogens (tertiary/aromatic N) is 3. The molecule has 3 heterocycles. The summed E-state index contributed by atoms with van der Waals surface area (Å²) in [5, 5.41) is 3.21. The van der Waals surface area contributed by atoms with Crippen LogP contribution in [0.15, 0.2) is 47.8 Å². The van der Waals surface area contributed by atoms with E-state index in [0.29, 0.717) is 6.61 Å². The lowest BCUT2D eigenvalue weighted by Crippen LogP contribution is -2.45. The minimum absolute atomic E-state index is 0.535. The molecule has 0 bridgehead atoms. The van der Waals surface area contributed by atoms with Crippen molar-refractivity contribution < 1.29 is 9.47 Å². The second kappa shape index (κ2) is 9.39. The number of hydrogen-bond acceptors (Lipinski definition) is 6. The third kappa shape index (κ3) is 5.26. The van der Waals surface area contributed by atoms with E-state index in [1.54, 1.807) is 11.3 Å². The number of hydrogen-bond donors (Lipinski definition) is 0. The first-order valence-electron chi connectivity index (χ1n) is 11.0. The first kappa shape index (κ1) is 20.5. The summed E-state index contributed by atoms with van der Waals surface area (Å²) in [7, 11) is 0. The molecule has 6 heteroatoms. The number of benzene rings is 2. The number of aryl methyl sites for hydroxylation is 1. The Labute approximate surface area is 188 Å². The van der Waals surface area contributed by atoms with E-state index in [-0.39, 0.29) is 0 Å². The monoisotopic (exact) mass is 435 g/mol. The van der Waals surface area contributed by atoms with Crippen molar-refractivity contribution in [2.24, 2.45) is 0 Å². The molecule has 1 fully saturated rings. The topological polar surface area (TPSA) is 37.8 Å². The molecule has 0 N–H and O–H groups in total. The van der Waals surface area contributed by atoms with Crippen LogP contribution in [0, 0.1) is 6.92 Å². The highest BCUT2D eigenvalue weighted by Crippen LogP contribution is 2.26. The van der Waals surface area contributed by atoms with Crippen molar-refractivity contribution in [2.75, 3.05) is 32.8 Å². The lowest BCUT2D eigenvalue weighted by atomic mass is 10.1. The molecule has 0 radical (unpaired) electrons. The minimum atomic E-state index is 0.535. The van der Waals surface area contributed by atoms with Crippen LogP contribution in [0.2, 0.25) is 0 Å². The molecule has 3 aromatic rings. The molecule has 0 saturated carbocycles. The van der Waals surface area contributed by atoms with Crippen molar-refractivity contribution in [1.29, 1.82) is 0 Å². The lowest BCUT2D eigenvalue weighted by molar-refractivity contribution is 0.121. The molecule has 2 aliphatic heterocycles. The van der Waals surface area contributed by atoms with Crippen molar-refractivity contribution >= 4 is 11.3 Å². The van der Waals surface area contributed by atoms with Crippen molar-refractivity contribution in [3.8, 4) is 11.5 Å². The van der Waals surface area contributed by atoms with Crippen LogP contribution in [0.1, 0.15) is 27.4 Å². The quantitative estimate of drug-likeness (QED) is 0.554. The summed E-state index contributed by atoms with van der Waals surface area (Å²) >= 11 is 1.69. The first-order valence-corrected chi connectivity index (χ1v) is 11.9. The van der Waals surface area contributed by atoms with Gasteiger partial charge >= 0.3 is 0 Å². The maximum Gasteiger partial charge on any atom is 0.140 e. The summed E-state index contributed by atoms with van der Waals surface area (Å²) in [6.07, 6.45) is 1.04. The average Bonchev–Trinajstić information content (AvgIpc) is 3.44. The van der Waals surface area contributed by atoms with Crippen LogP contribution >= 0.6 is 11.3 Å². The van der Waals surface area contributed by atoms with Gasteiger partial charge in [0.2, 0.25) is 0 Å². The van der Waals surface area contributed by atoms with E-state index in [1.807, 2.05) is 12.1 Å². The third-order valence-corrected chi connectivity index (χ3v) is 6.86. The van der Waals surface area contributed by atoms with Gasteiger partial charge in [-0.05, 0) is 36.2 Å². The number of fused-ring (bicyclic) bond motifs is 1. The molecule has 1 saturated heterocycles. The van der Waals surface area contributed by atoms with Crippen molar-refractivity contribution in [3.05, 3.63) is 75.2 Å². The molecule has 5 rings (SSSR count).